The number of fused-ring (bicyclic) bond motifs is 1. The molecule has 35 heavy (non-hydrogen) atoms. The van der Waals surface area contributed by atoms with Gasteiger partial charge in [0.1, 0.15) is 11.7 Å². The van der Waals surface area contributed by atoms with Crippen LogP contribution in [0.5, 0.6) is 0 Å². The summed E-state index contributed by atoms with van der Waals surface area (Å²) in [6, 6.07) is 17.7. The second-order valence-electron chi connectivity index (χ2n) is 8.73. The Balaban J connectivity index is 1.28. The molecule has 8 nitrogen and oxygen atoms in total. The summed E-state index contributed by atoms with van der Waals surface area (Å²) in [5.74, 6) is -0.00623. The van der Waals surface area contributed by atoms with Crippen LogP contribution >= 0.6 is 15.9 Å². The molecule has 180 valence electrons. The summed E-state index contributed by atoms with van der Waals surface area (Å²) in [7, 11) is 0. The van der Waals surface area contributed by atoms with Crippen LogP contribution in [0.15, 0.2) is 76.4 Å². The molecule has 0 saturated carbocycles. The number of benzene rings is 2. The highest BCUT2D eigenvalue weighted by Gasteiger charge is 2.41. The van der Waals surface area contributed by atoms with E-state index in [1.165, 1.54) is 0 Å². The molecule has 4 aromatic rings. The predicted octanol–water partition coefficient (Wildman–Crippen LogP) is 3.27. The first-order valence-corrected chi connectivity index (χ1v) is 12.4. The SMILES string of the molecule is O=C(NCCn1ncc2c(=O)n(Cc3ccc(Br)cc3)cnc21)C1(c2ccccc2)CCOCC1. The van der Waals surface area contributed by atoms with E-state index in [4.69, 9.17) is 4.74 Å². The third-order valence-electron chi connectivity index (χ3n) is 6.60. The minimum Gasteiger partial charge on any atom is -0.381 e. The number of halogens is 1. The zero-order chi connectivity index (χ0) is 24.3. The molecular formula is C26H26BrN5O3. The van der Waals surface area contributed by atoms with E-state index in [2.05, 4.69) is 31.3 Å². The molecule has 1 aliphatic rings. The summed E-state index contributed by atoms with van der Waals surface area (Å²) in [5.41, 5.74) is 1.80. The third kappa shape index (κ3) is 4.78. The molecule has 0 aliphatic carbocycles. The first-order valence-electron chi connectivity index (χ1n) is 11.6. The van der Waals surface area contributed by atoms with E-state index in [-0.39, 0.29) is 11.5 Å². The number of amides is 1. The Morgan fingerprint density at radius 1 is 1.09 bits per heavy atom. The molecule has 1 aliphatic heterocycles. The number of hydrogen-bond donors (Lipinski definition) is 1. The van der Waals surface area contributed by atoms with E-state index >= 15 is 0 Å². The number of aromatic nitrogens is 4. The molecule has 9 heteroatoms. The predicted molar refractivity (Wildman–Crippen MR) is 136 cm³/mol. The first-order chi connectivity index (χ1) is 17.1. The van der Waals surface area contributed by atoms with Crippen molar-refractivity contribution in [3.8, 4) is 0 Å². The molecule has 1 saturated heterocycles. The number of ether oxygens (including phenoxy) is 1. The van der Waals surface area contributed by atoms with E-state index in [1.54, 1.807) is 21.8 Å². The summed E-state index contributed by atoms with van der Waals surface area (Å²) < 4.78 is 9.77. The van der Waals surface area contributed by atoms with Crippen LogP contribution in [-0.2, 0) is 28.0 Å². The van der Waals surface area contributed by atoms with Gasteiger partial charge in [-0.2, -0.15) is 5.10 Å². The molecule has 0 bridgehead atoms. The molecule has 0 radical (unpaired) electrons. The first kappa shape index (κ1) is 23.4. The molecule has 1 N–H and O–H groups in total. The molecule has 3 heterocycles. The number of carbonyl (C=O) groups excluding carboxylic acids is 1. The van der Waals surface area contributed by atoms with Crippen molar-refractivity contribution in [1.82, 2.24) is 24.6 Å². The van der Waals surface area contributed by atoms with Gasteiger partial charge in [0.25, 0.3) is 5.56 Å². The van der Waals surface area contributed by atoms with E-state index in [0.717, 1.165) is 15.6 Å². The van der Waals surface area contributed by atoms with E-state index < -0.39 is 5.41 Å². The van der Waals surface area contributed by atoms with Crippen molar-refractivity contribution in [2.75, 3.05) is 19.8 Å². The van der Waals surface area contributed by atoms with Gasteiger partial charge in [-0.05, 0) is 36.1 Å². The highest BCUT2D eigenvalue weighted by molar-refractivity contribution is 9.10. The topological polar surface area (TPSA) is 91.0 Å². The third-order valence-corrected chi connectivity index (χ3v) is 7.13. The second-order valence-corrected chi connectivity index (χ2v) is 9.64. The van der Waals surface area contributed by atoms with Gasteiger partial charge in [0.05, 0.1) is 24.7 Å². The van der Waals surface area contributed by atoms with Gasteiger partial charge in [-0.1, -0.05) is 58.4 Å². The number of carbonyl (C=O) groups is 1. The molecule has 1 amide bonds. The van der Waals surface area contributed by atoms with Gasteiger partial charge in [0.15, 0.2) is 5.65 Å². The Morgan fingerprint density at radius 2 is 1.83 bits per heavy atom. The summed E-state index contributed by atoms with van der Waals surface area (Å²) in [6.45, 7) is 2.35. The highest BCUT2D eigenvalue weighted by atomic mass is 79.9. The van der Waals surface area contributed by atoms with E-state index in [1.807, 2.05) is 54.6 Å². The van der Waals surface area contributed by atoms with Crippen LogP contribution in [0.4, 0.5) is 0 Å². The fourth-order valence-corrected chi connectivity index (χ4v) is 4.89. The fraction of sp³-hybridized carbons (Fsp3) is 0.308. The lowest BCUT2D eigenvalue weighted by Crippen LogP contribution is -2.48. The van der Waals surface area contributed by atoms with Crippen molar-refractivity contribution in [2.45, 2.75) is 31.3 Å². The maximum atomic E-state index is 13.3. The molecular weight excluding hydrogens is 510 g/mol. The fourth-order valence-electron chi connectivity index (χ4n) is 4.63. The number of nitrogens with one attached hydrogen (secondary N) is 1. The van der Waals surface area contributed by atoms with E-state index in [9.17, 15) is 9.59 Å². The minimum absolute atomic E-state index is 0.00623. The van der Waals surface area contributed by atoms with Crippen molar-refractivity contribution in [2.24, 2.45) is 0 Å². The zero-order valence-corrected chi connectivity index (χ0v) is 20.8. The number of nitrogens with zero attached hydrogens (tertiary/aromatic N) is 4. The number of hydrogen-bond acceptors (Lipinski definition) is 5. The van der Waals surface area contributed by atoms with Crippen molar-refractivity contribution in [3.63, 3.8) is 0 Å². The summed E-state index contributed by atoms with van der Waals surface area (Å²) >= 11 is 3.42. The van der Waals surface area contributed by atoms with Crippen LogP contribution in [-0.4, -0.2) is 45.0 Å². The standard InChI is InChI=1S/C26H26BrN5O3/c27-21-8-6-19(7-9-21)17-31-18-29-23-22(24(31)33)16-30-32(23)13-12-28-25(34)26(10-14-35-15-11-26)20-4-2-1-3-5-20/h1-9,16,18H,10-15,17H2,(H,28,34). The Bertz CT molecular complexity index is 1380. The largest absolute Gasteiger partial charge is 0.381 e. The van der Waals surface area contributed by atoms with Gasteiger partial charge in [-0.25, -0.2) is 9.67 Å². The van der Waals surface area contributed by atoms with Crippen molar-refractivity contribution in [3.05, 3.63) is 93.1 Å². The molecule has 5 rings (SSSR count). The van der Waals surface area contributed by atoms with Crippen molar-refractivity contribution in [1.29, 1.82) is 0 Å². The number of rotatable bonds is 7. The average Bonchev–Trinajstić information content (AvgIpc) is 3.31. The van der Waals surface area contributed by atoms with Crippen molar-refractivity contribution >= 4 is 32.9 Å². The lowest BCUT2D eigenvalue weighted by Gasteiger charge is -2.36. The quantitative estimate of drug-likeness (QED) is 0.392. The lowest BCUT2D eigenvalue weighted by molar-refractivity contribution is -0.130. The molecule has 0 atom stereocenters. The summed E-state index contributed by atoms with van der Waals surface area (Å²) in [6.07, 6.45) is 4.39. The van der Waals surface area contributed by atoms with Gasteiger partial charge in [0.2, 0.25) is 5.91 Å². The van der Waals surface area contributed by atoms with Crippen LogP contribution in [0, 0.1) is 0 Å². The second kappa shape index (κ2) is 10.1. The van der Waals surface area contributed by atoms with Crippen molar-refractivity contribution < 1.29 is 9.53 Å². The minimum atomic E-state index is -0.593. The van der Waals surface area contributed by atoms with Crippen LogP contribution in [0.3, 0.4) is 0 Å². The average molecular weight is 536 g/mol. The molecule has 2 aromatic carbocycles. The molecule has 2 aromatic heterocycles. The Hall–Kier alpha value is -3.30. The normalized spacial score (nSPS) is 15.2. The summed E-state index contributed by atoms with van der Waals surface area (Å²) in [4.78, 5) is 30.8. The molecule has 1 fully saturated rings. The maximum Gasteiger partial charge on any atom is 0.264 e. The van der Waals surface area contributed by atoms with Crippen LogP contribution in [0.1, 0.15) is 24.0 Å². The van der Waals surface area contributed by atoms with Gasteiger partial charge >= 0.3 is 0 Å². The Labute approximate surface area is 211 Å². The van der Waals surface area contributed by atoms with Gasteiger partial charge in [-0.3, -0.25) is 14.2 Å². The molecule has 0 spiro atoms. The lowest BCUT2D eigenvalue weighted by atomic mass is 9.73. The van der Waals surface area contributed by atoms with Crippen LogP contribution in [0.25, 0.3) is 11.0 Å². The Morgan fingerprint density at radius 3 is 2.57 bits per heavy atom. The molecule has 0 unspecified atom stereocenters. The highest BCUT2D eigenvalue weighted by Crippen LogP contribution is 2.35. The Kier molecular flexibility index (Phi) is 6.79. The van der Waals surface area contributed by atoms with Gasteiger partial charge in [-0.15, -0.1) is 0 Å². The zero-order valence-electron chi connectivity index (χ0n) is 19.2. The van der Waals surface area contributed by atoms with Gasteiger partial charge < -0.3 is 10.1 Å². The van der Waals surface area contributed by atoms with Crippen LogP contribution in [0.2, 0.25) is 0 Å². The van der Waals surface area contributed by atoms with Crippen LogP contribution < -0.4 is 10.9 Å². The maximum absolute atomic E-state index is 13.3. The van der Waals surface area contributed by atoms with Gasteiger partial charge in [0, 0.05) is 24.2 Å². The van der Waals surface area contributed by atoms with E-state index in [0.29, 0.717) is 56.7 Å². The monoisotopic (exact) mass is 535 g/mol. The summed E-state index contributed by atoms with van der Waals surface area (Å²) in [5, 5.41) is 7.91. The smallest absolute Gasteiger partial charge is 0.264 e.